The highest BCUT2D eigenvalue weighted by molar-refractivity contribution is 5.93. The number of H-pyrrole nitrogens is 1. The standard InChI is InChI=1S/C22H24N4O2/c23-21(27)14-26-10-8-15(9-11-26)22(28)24-18-6-3-5-16(12-18)20-13-17-4-1-2-7-19(17)25-20/h1-7,12-13,15,25H,8-11,14H2,(H2,23,27)(H,24,28). The summed E-state index contributed by atoms with van der Waals surface area (Å²) in [7, 11) is 0. The van der Waals surface area contributed by atoms with Gasteiger partial charge in [0.15, 0.2) is 0 Å². The van der Waals surface area contributed by atoms with Gasteiger partial charge in [0.25, 0.3) is 0 Å². The van der Waals surface area contributed by atoms with E-state index in [9.17, 15) is 9.59 Å². The molecule has 1 aliphatic rings. The summed E-state index contributed by atoms with van der Waals surface area (Å²) in [6.07, 6.45) is 1.47. The van der Waals surface area contributed by atoms with Crippen LogP contribution in [-0.4, -0.2) is 41.3 Å². The van der Waals surface area contributed by atoms with Crippen molar-refractivity contribution in [2.45, 2.75) is 12.8 Å². The van der Waals surface area contributed by atoms with Gasteiger partial charge in [0.05, 0.1) is 6.54 Å². The van der Waals surface area contributed by atoms with Crippen LogP contribution in [0.3, 0.4) is 0 Å². The lowest BCUT2D eigenvalue weighted by Gasteiger charge is -2.30. The lowest BCUT2D eigenvalue weighted by atomic mass is 9.95. The molecule has 144 valence electrons. The van der Waals surface area contributed by atoms with Crippen molar-refractivity contribution >= 4 is 28.4 Å². The molecule has 0 atom stereocenters. The second-order valence-electron chi connectivity index (χ2n) is 7.36. The molecule has 0 radical (unpaired) electrons. The molecule has 4 N–H and O–H groups in total. The van der Waals surface area contributed by atoms with Crippen LogP contribution in [0.5, 0.6) is 0 Å². The monoisotopic (exact) mass is 376 g/mol. The van der Waals surface area contributed by atoms with Crippen molar-refractivity contribution in [3.05, 3.63) is 54.6 Å². The van der Waals surface area contributed by atoms with Crippen molar-refractivity contribution < 1.29 is 9.59 Å². The van der Waals surface area contributed by atoms with Gasteiger partial charge in [-0.05, 0) is 50.2 Å². The van der Waals surface area contributed by atoms with E-state index < -0.39 is 0 Å². The molecule has 1 aliphatic heterocycles. The highest BCUT2D eigenvalue weighted by atomic mass is 16.2. The fourth-order valence-electron chi connectivity index (χ4n) is 3.81. The number of carbonyl (C=O) groups excluding carboxylic acids is 2. The Hall–Kier alpha value is -3.12. The zero-order valence-corrected chi connectivity index (χ0v) is 15.7. The Bertz CT molecular complexity index is 969. The Morgan fingerprint density at radius 2 is 1.86 bits per heavy atom. The number of rotatable bonds is 5. The third kappa shape index (κ3) is 4.07. The first-order valence-corrected chi connectivity index (χ1v) is 9.58. The van der Waals surface area contributed by atoms with Gasteiger partial charge in [-0.2, -0.15) is 0 Å². The number of aromatic nitrogens is 1. The number of anilines is 1. The van der Waals surface area contributed by atoms with Crippen molar-refractivity contribution in [3.8, 4) is 11.3 Å². The van der Waals surface area contributed by atoms with E-state index in [1.807, 2.05) is 41.3 Å². The van der Waals surface area contributed by atoms with Crippen molar-refractivity contribution in [2.24, 2.45) is 11.7 Å². The zero-order chi connectivity index (χ0) is 19.5. The average molecular weight is 376 g/mol. The summed E-state index contributed by atoms with van der Waals surface area (Å²) in [5.41, 5.74) is 9.19. The molecule has 0 spiro atoms. The van der Waals surface area contributed by atoms with Gasteiger partial charge >= 0.3 is 0 Å². The van der Waals surface area contributed by atoms with Crippen molar-refractivity contribution in [1.82, 2.24) is 9.88 Å². The number of nitrogens with two attached hydrogens (primary N) is 1. The minimum Gasteiger partial charge on any atom is -0.369 e. The summed E-state index contributed by atoms with van der Waals surface area (Å²) in [6, 6.07) is 18.1. The first-order valence-electron chi connectivity index (χ1n) is 9.58. The molecule has 0 unspecified atom stereocenters. The van der Waals surface area contributed by atoms with Crippen LogP contribution in [0.15, 0.2) is 54.6 Å². The molecule has 1 saturated heterocycles. The molecular weight excluding hydrogens is 352 g/mol. The summed E-state index contributed by atoms with van der Waals surface area (Å²) in [5, 5.41) is 4.21. The molecular formula is C22H24N4O2. The Kier molecular flexibility index (Phi) is 5.12. The molecule has 1 fully saturated rings. The summed E-state index contributed by atoms with van der Waals surface area (Å²) in [5.74, 6) is -0.329. The van der Waals surface area contributed by atoms with Crippen molar-refractivity contribution in [1.29, 1.82) is 0 Å². The van der Waals surface area contributed by atoms with Gasteiger partial charge in [0, 0.05) is 33.8 Å². The summed E-state index contributed by atoms with van der Waals surface area (Å²) < 4.78 is 0. The Morgan fingerprint density at radius 1 is 1.07 bits per heavy atom. The number of hydrogen-bond donors (Lipinski definition) is 3. The molecule has 0 bridgehead atoms. The molecule has 2 aromatic carbocycles. The fraction of sp³-hybridized carbons (Fsp3) is 0.273. The van der Waals surface area contributed by atoms with Crippen molar-refractivity contribution in [3.63, 3.8) is 0 Å². The topological polar surface area (TPSA) is 91.2 Å². The number of likely N-dealkylation sites (tertiary alicyclic amines) is 1. The maximum Gasteiger partial charge on any atom is 0.231 e. The fourth-order valence-corrected chi connectivity index (χ4v) is 3.81. The van der Waals surface area contributed by atoms with Crippen LogP contribution >= 0.6 is 0 Å². The van der Waals surface area contributed by atoms with Crippen LogP contribution in [0.4, 0.5) is 5.69 Å². The number of nitrogens with one attached hydrogen (secondary N) is 2. The second-order valence-corrected chi connectivity index (χ2v) is 7.36. The number of amides is 2. The molecule has 6 heteroatoms. The average Bonchev–Trinajstić information content (AvgIpc) is 3.12. The molecule has 6 nitrogen and oxygen atoms in total. The van der Waals surface area contributed by atoms with E-state index in [1.54, 1.807) is 0 Å². The van der Waals surface area contributed by atoms with E-state index in [0.29, 0.717) is 0 Å². The Morgan fingerprint density at radius 3 is 2.61 bits per heavy atom. The number of benzene rings is 2. The van der Waals surface area contributed by atoms with E-state index in [-0.39, 0.29) is 24.3 Å². The van der Waals surface area contributed by atoms with Gasteiger partial charge in [-0.15, -0.1) is 0 Å². The molecule has 1 aromatic heterocycles. The summed E-state index contributed by atoms with van der Waals surface area (Å²) >= 11 is 0. The lowest BCUT2D eigenvalue weighted by Crippen LogP contribution is -2.42. The Labute approximate surface area is 163 Å². The van der Waals surface area contributed by atoms with Crippen LogP contribution in [0, 0.1) is 5.92 Å². The van der Waals surface area contributed by atoms with E-state index in [1.165, 1.54) is 0 Å². The van der Waals surface area contributed by atoms with Gasteiger partial charge in [0.2, 0.25) is 11.8 Å². The van der Waals surface area contributed by atoms with Gasteiger partial charge in [-0.3, -0.25) is 14.5 Å². The van der Waals surface area contributed by atoms with Gasteiger partial charge < -0.3 is 16.0 Å². The lowest BCUT2D eigenvalue weighted by molar-refractivity contribution is -0.122. The molecule has 2 heterocycles. The molecule has 0 aliphatic carbocycles. The van der Waals surface area contributed by atoms with E-state index in [0.717, 1.165) is 53.8 Å². The Balaban J connectivity index is 1.42. The number of fused-ring (bicyclic) bond motifs is 1. The van der Waals surface area contributed by atoms with Crippen LogP contribution < -0.4 is 11.1 Å². The van der Waals surface area contributed by atoms with Crippen LogP contribution in [-0.2, 0) is 9.59 Å². The SMILES string of the molecule is NC(=O)CN1CCC(C(=O)Nc2cccc(-c3cc4ccccc4[nH]3)c2)CC1. The summed E-state index contributed by atoms with van der Waals surface area (Å²) in [6.45, 7) is 1.70. The third-order valence-corrected chi connectivity index (χ3v) is 5.31. The highest BCUT2D eigenvalue weighted by Crippen LogP contribution is 2.27. The number of piperidine rings is 1. The van der Waals surface area contributed by atoms with Gasteiger partial charge in [0.1, 0.15) is 0 Å². The molecule has 28 heavy (non-hydrogen) atoms. The first-order chi connectivity index (χ1) is 13.6. The predicted octanol–water partition coefficient (Wildman–Crippen LogP) is 2.97. The molecule has 0 saturated carbocycles. The number of nitrogens with zero attached hydrogens (tertiary/aromatic N) is 1. The zero-order valence-electron chi connectivity index (χ0n) is 15.7. The van der Waals surface area contributed by atoms with Crippen LogP contribution in [0.25, 0.3) is 22.2 Å². The first kappa shape index (κ1) is 18.3. The van der Waals surface area contributed by atoms with Crippen molar-refractivity contribution in [2.75, 3.05) is 25.0 Å². The maximum absolute atomic E-state index is 12.7. The number of para-hydroxylation sites is 1. The van der Waals surface area contributed by atoms with E-state index in [2.05, 4.69) is 28.5 Å². The number of primary amides is 1. The maximum atomic E-state index is 12.7. The van der Waals surface area contributed by atoms with Crippen LogP contribution in [0.1, 0.15) is 12.8 Å². The normalized spacial score (nSPS) is 15.6. The summed E-state index contributed by atoms with van der Waals surface area (Å²) in [4.78, 5) is 29.1. The quantitative estimate of drug-likeness (QED) is 0.639. The van der Waals surface area contributed by atoms with Gasteiger partial charge in [-0.1, -0.05) is 30.3 Å². The number of hydrogen-bond acceptors (Lipinski definition) is 3. The second kappa shape index (κ2) is 7.86. The predicted molar refractivity (Wildman–Crippen MR) is 111 cm³/mol. The molecule has 4 rings (SSSR count). The number of carbonyl (C=O) groups is 2. The van der Waals surface area contributed by atoms with Gasteiger partial charge in [-0.25, -0.2) is 0 Å². The minimum atomic E-state index is -0.323. The number of aromatic amines is 1. The van der Waals surface area contributed by atoms with E-state index in [4.69, 9.17) is 5.73 Å². The largest absolute Gasteiger partial charge is 0.369 e. The third-order valence-electron chi connectivity index (χ3n) is 5.31. The minimum absolute atomic E-state index is 0.0347. The smallest absolute Gasteiger partial charge is 0.231 e. The molecule has 3 aromatic rings. The molecule has 2 amide bonds. The van der Waals surface area contributed by atoms with Crippen LogP contribution in [0.2, 0.25) is 0 Å². The highest BCUT2D eigenvalue weighted by Gasteiger charge is 2.25. The van der Waals surface area contributed by atoms with E-state index >= 15 is 0 Å².